The molecule has 136 valence electrons. The zero-order chi connectivity index (χ0) is 18.7. The first-order valence-electron chi connectivity index (χ1n) is 8.09. The van der Waals surface area contributed by atoms with Crippen LogP contribution in [0.15, 0.2) is 42.7 Å². The van der Waals surface area contributed by atoms with Crippen molar-refractivity contribution in [2.45, 2.75) is 20.2 Å². The first-order valence-corrected chi connectivity index (χ1v) is 8.46. The number of amides is 1. The van der Waals surface area contributed by atoms with Crippen molar-refractivity contribution in [1.82, 2.24) is 24.5 Å². The zero-order valence-electron chi connectivity index (χ0n) is 14.9. The number of halogens is 1. The number of carbonyl (C=O) groups excluding carboxylic acids is 1. The Kier molecular flexibility index (Phi) is 5.27. The van der Waals surface area contributed by atoms with Gasteiger partial charge in [-0.2, -0.15) is 10.2 Å². The molecule has 0 aliphatic heterocycles. The Morgan fingerprint density at radius 2 is 2.04 bits per heavy atom. The minimum Gasteiger partial charge on any atom is -0.470 e. The third-order valence-corrected chi connectivity index (χ3v) is 4.13. The number of nitrogens with zero attached hydrogens (tertiary/aromatic N) is 5. The molecule has 0 aliphatic rings. The molecule has 26 heavy (non-hydrogen) atoms. The SMILES string of the molecule is Cc1ccc(Cl)c(OCn2ccc(C(=O)N(C)Cc3ccn(C)n3)n2)c1. The molecule has 2 aromatic heterocycles. The molecule has 7 nitrogen and oxygen atoms in total. The smallest absolute Gasteiger partial charge is 0.274 e. The van der Waals surface area contributed by atoms with E-state index in [4.69, 9.17) is 16.3 Å². The monoisotopic (exact) mass is 373 g/mol. The van der Waals surface area contributed by atoms with E-state index in [2.05, 4.69) is 10.2 Å². The summed E-state index contributed by atoms with van der Waals surface area (Å²) in [5, 5.41) is 9.09. The van der Waals surface area contributed by atoms with Gasteiger partial charge in [-0.05, 0) is 36.8 Å². The van der Waals surface area contributed by atoms with Gasteiger partial charge in [0.15, 0.2) is 12.4 Å². The van der Waals surface area contributed by atoms with E-state index in [9.17, 15) is 4.79 Å². The van der Waals surface area contributed by atoms with E-state index in [0.29, 0.717) is 23.0 Å². The maximum absolute atomic E-state index is 12.5. The summed E-state index contributed by atoms with van der Waals surface area (Å²) in [6.45, 7) is 2.55. The summed E-state index contributed by atoms with van der Waals surface area (Å²) in [5.74, 6) is 0.408. The highest BCUT2D eigenvalue weighted by molar-refractivity contribution is 6.32. The van der Waals surface area contributed by atoms with Crippen LogP contribution >= 0.6 is 11.6 Å². The fourth-order valence-corrected chi connectivity index (χ4v) is 2.63. The first kappa shape index (κ1) is 18.0. The van der Waals surface area contributed by atoms with E-state index >= 15 is 0 Å². The largest absolute Gasteiger partial charge is 0.470 e. The van der Waals surface area contributed by atoms with Crippen molar-refractivity contribution in [3.8, 4) is 5.75 Å². The van der Waals surface area contributed by atoms with Crippen LogP contribution in [-0.2, 0) is 20.3 Å². The lowest BCUT2D eigenvalue weighted by molar-refractivity contribution is 0.0775. The lowest BCUT2D eigenvalue weighted by Gasteiger charge is -2.14. The van der Waals surface area contributed by atoms with Crippen molar-refractivity contribution in [3.05, 3.63) is 64.7 Å². The summed E-state index contributed by atoms with van der Waals surface area (Å²) in [7, 11) is 3.56. The van der Waals surface area contributed by atoms with Gasteiger partial charge in [-0.15, -0.1) is 0 Å². The van der Waals surface area contributed by atoms with Crippen LogP contribution in [0.5, 0.6) is 5.75 Å². The van der Waals surface area contributed by atoms with Crippen LogP contribution in [0.3, 0.4) is 0 Å². The molecule has 3 aromatic rings. The summed E-state index contributed by atoms with van der Waals surface area (Å²) >= 11 is 6.12. The van der Waals surface area contributed by atoms with E-state index < -0.39 is 0 Å². The number of ether oxygens (including phenoxy) is 1. The summed E-state index contributed by atoms with van der Waals surface area (Å²) < 4.78 is 8.95. The number of rotatable bonds is 6. The number of aromatic nitrogens is 4. The molecule has 0 fully saturated rings. The molecular formula is C18H20ClN5O2. The lowest BCUT2D eigenvalue weighted by Crippen LogP contribution is -2.27. The maximum Gasteiger partial charge on any atom is 0.274 e. The van der Waals surface area contributed by atoms with Gasteiger partial charge in [-0.3, -0.25) is 9.48 Å². The molecule has 8 heteroatoms. The van der Waals surface area contributed by atoms with Crippen molar-refractivity contribution in [1.29, 1.82) is 0 Å². The number of hydrogen-bond acceptors (Lipinski definition) is 4. The van der Waals surface area contributed by atoms with Gasteiger partial charge in [-0.25, -0.2) is 4.68 Å². The number of hydrogen-bond donors (Lipinski definition) is 0. The Bertz CT molecular complexity index is 918. The predicted molar refractivity (Wildman–Crippen MR) is 98.0 cm³/mol. The van der Waals surface area contributed by atoms with Gasteiger partial charge in [0.1, 0.15) is 5.75 Å². The van der Waals surface area contributed by atoms with Crippen LogP contribution in [0.25, 0.3) is 0 Å². The van der Waals surface area contributed by atoms with E-state index in [0.717, 1.165) is 11.3 Å². The molecule has 0 aliphatic carbocycles. The highest BCUT2D eigenvalue weighted by Gasteiger charge is 2.16. The second-order valence-electron chi connectivity index (χ2n) is 6.09. The molecule has 0 saturated carbocycles. The van der Waals surface area contributed by atoms with Crippen LogP contribution in [0.4, 0.5) is 0 Å². The average Bonchev–Trinajstić information content (AvgIpc) is 3.24. The first-order chi connectivity index (χ1) is 12.4. The summed E-state index contributed by atoms with van der Waals surface area (Å²) in [6.07, 6.45) is 3.54. The number of benzene rings is 1. The molecule has 3 rings (SSSR count). The molecule has 0 spiro atoms. The molecule has 0 radical (unpaired) electrons. The summed E-state index contributed by atoms with van der Waals surface area (Å²) in [6, 6.07) is 9.10. The molecule has 1 amide bonds. The normalized spacial score (nSPS) is 10.8. The van der Waals surface area contributed by atoms with Gasteiger partial charge < -0.3 is 9.64 Å². The topological polar surface area (TPSA) is 65.2 Å². The molecule has 1 aromatic carbocycles. The second-order valence-corrected chi connectivity index (χ2v) is 6.50. The summed E-state index contributed by atoms with van der Waals surface area (Å²) in [5.41, 5.74) is 2.22. The highest BCUT2D eigenvalue weighted by Crippen LogP contribution is 2.25. The Morgan fingerprint density at radius 3 is 2.77 bits per heavy atom. The van der Waals surface area contributed by atoms with Gasteiger partial charge in [0, 0.05) is 26.5 Å². The molecular weight excluding hydrogens is 354 g/mol. The van der Waals surface area contributed by atoms with E-state index in [1.807, 2.05) is 38.4 Å². The minimum absolute atomic E-state index is 0.167. The molecule has 0 saturated heterocycles. The fraction of sp³-hybridized carbons (Fsp3) is 0.278. The van der Waals surface area contributed by atoms with Gasteiger partial charge >= 0.3 is 0 Å². The van der Waals surface area contributed by atoms with Crippen LogP contribution < -0.4 is 4.74 Å². The molecule has 2 heterocycles. The van der Waals surface area contributed by atoms with Crippen LogP contribution in [0.2, 0.25) is 5.02 Å². The Hall–Kier alpha value is -2.80. The quantitative estimate of drug-likeness (QED) is 0.666. The molecule has 0 bridgehead atoms. The molecule has 0 N–H and O–H groups in total. The van der Waals surface area contributed by atoms with Crippen molar-refractivity contribution in [2.24, 2.45) is 7.05 Å². The van der Waals surface area contributed by atoms with Crippen molar-refractivity contribution in [2.75, 3.05) is 7.05 Å². The standard InChI is InChI=1S/C18H20ClN5O2/c1-13-4-5-15(19)17(10-13)26-12-24-9-7-16(21-24)18(25)22(2)11-14-6-8-23(3)20-14/h4-10H,11-12H2,1-3H3. The van der Waals surface area contributed by atoms with Crippen molar-refractivity contribution in [3.63, 3.8) is 0 Å². The maximum atomic E-state index is 12.5. The predicted octanol–water partition coefficient (Wildman–Crippen LogP) is 2.89. The van der Waals surface area contributed by atoms with Crippen molar-refractivity contribution >= 4 is 17.5 Å². The number of carbonyl (C=O) groups is 1. The fourth-order valence-electron chi connectivity index (χ4n) is 2.46. The Morgan fingerprint density at radius 1 is 1.23 bits per heavy atom. The Balaban J connectivity index is 1.61. The van der Waals surface area contributed by atoms with Crippen LogP contribution in [-0.4, -0.2) is 37.4 Å². The molecule has 0 unspecified atom stereocenters. The number of aryl methyl sites for hydroxylation is 2. The third-order valence-electron chi connectivity index (χ3n) is 3.81. The van der Waals surface area contributed by atoms with Gasteiger partial charge in [-0.1, -0.05) is 17.7 Å². The van der Waals surface area contributed by atoms with Gasteiger partial charge in [0.05, 0.1) is 17.3 Å². The lowest BCUT2D eigenvalue weighted by atomic mass is 10.2. The second kappa shape index (κ2) is 7.61. The van der Waals surface area contributed by atoms with Gasteiger partial charge in [0.25, 0.3) is 5.91 Å². The van der Waals surface area contributed by atoms with E-state index in [1.54, 1.807) is 39.6 Å². The zero-order valence-corrected chi connectivity index (χ0v) is 15.6. The molecule has 0 atom stereocenters. The van der Waals surface area contributed by atoms with Crippen molar-refractivity contribution < 1.29 is 9.53 Å². The highest BCUT2D eigenvalue weighted by atomic mass is 35.5. The van der Waals surface area contributed by atoms with E-state index in [-0.39, 0.29) is 12.6 Å². The van der Waals surface area contributed by atoms with Crippen LogP contribution in [0, 0.1) is 6.92 Å². The van der Waals surface area contributed by atoms with E-state index in [1.165, 1.54) is 0 Å². The average molecular weight is 374 g/mol. The minimum atomic E-state index is -0.178. The van der Waals surface area contributed by atoms with Gasteiger partial charge in [0.2, 0.25) is 0 Å². The summed E-state index contributed by atoms with van der Waals surface area (Å²) in [4.78, 5) is 14.1. The van der Waals surface area contributed by atoms with Crippen LogP contribution in [0.1, 0.15) is 21.7 Å². The Labute approximate surface area is 156 Å². The third kappa shape index (κ3) is 4.23.